The zero-order valence-electron chi connectivity index (χ0n) is 19.9. The summed E-state index contributed by atoms with van der Waals surface area (Å²) in [4.78, 5) is 8.07. The van der Waals surface area contributed by atoms with E-state index in [0.717, 1.165) is 43.2 Å². The maximum Gasteiger partial charge on any atom is 0.421 e. The molecule has 1 fully saturated rings. The number of benzene rings is 2. The third-order valence-corrected chi connectivity index (χ3v) is 6.20. The highest BCUT2D eigenvalue weighted by atomic mass is 19.4. The van der Waals surface area contributed by atoms with Crippen LogP contribution in [-0.4, -0.2) is 16.6 Å². The van der Waals surface area contributed by atoms with Crippen LogP contribution < -0.4 is 15.4 Å². The Hall–Kier alpha value is -3.29. The molecule has 0 atom stereocenters. The summed E-state index contributed by atoms with van der Waals surface area (Å²) in [6.45, 7) is 2.74. The zero-order valence-corrected chi connectivity index (χ0v) is 19.9. The molecule has 1 saturated carbocycles. The molecule has 1 aliphatic rings. The van der Waals surface area contributed by atoms with Gasteiger partial charge in [0.1, 0.15) is 17.1 Å². The minimum absolute atomic E-state index is 0.0728. The average molecular weight is 485 g/mol. The quantitative estimate of drug-likeness (QED) is 0.300. The van der Waals surface area contributed by atoms with E-state index < -0.39 is 11.7 Å². The number of rotatable bonds is 9. The van der Waals surface area contributed by atoms with Crippen molar-refractivity contribution in [2.24, 2.45) is 0 Å². The Kier molecular flexibility index (Phi) is 8.10. The van der Waals surface area contributed by atoms with Crippen molar-refractivity contribution in [2.45, 2.75) is 64.0 Å². The van der Waals surface area contributed by atoms with Crippen LogP contribution in [0.3, 0.4) is 0 Å². The Morgan fingerprint density at radius 2 is 1.74 bits per heavy atom. The fourth-order valence-electron chi connectivity index (χ4n) is 4.29. The number of hydrogen-bond donors (Lipinski definition) is 2. The van der Waals surface area contributed by atoms with E-state index in [9.17, 15) is 13.2 Å². The van der Waals surface area contributed by atoms with E-state index in [1.165, 1.54) is 19.3 Å². The van der Waals surface area contributed by atoms with E-state index in [2.05, 4.69) is 33.6 Å². The van der Waals surface area contributed by atoms with Gasteiger partial charge in [-0.1, -0.05) is 44.7 Å². The fraction of sp³-hybridized carbons (Fsp3) is 0.407. The Morgan fingerprint density at radius 1 is 0.971 bits per heavy atom. The maximum atomic E-state index is 13.7. The lowest BCUT2D eigenvalue weighted by Gasteiger charge is -2.22. The average Bonchev–Trinajstić information content (AvgIpc) is 2.85. The lowest BCUT2D eigenvalue weighted by atomic mass is 9.84. The number of aromatic nitrogens is 2. The van der Waals surface area contributed by atoms with Gasteiger partial charge in [0.25, 0.3) is 0 Å². The van der Waals surface area contributed by atoms with Crippen molar-refractivity contribution in [1.29, 1.82) is 0 Å². The van der Waals surface area contributed by atoms with Crippen LogP contribution >= 0.6 is 0 Å². The Balaban J connectivity index is 1.53. The molecule has 0 spiro atoms. The molecular formula is C27H31F3N4O. The Morgan fingerprint density at radius 3 is 2.46 bits per heavy atom. The molecule has 0 amide bonds. The summed E-state index contributed by atoms with van der Waals surface area (Å²) in [5.41, 5.74) is 1.47. The molecular weight excluding hydrogens is 453 g/mol. The normalized spacial score (nSPS) is 14.5. The molecule has 0 saturated heterocycles. The Labute approximate surface area is 204 Å². The van der Waals surface area contributed by atoms with Crippen LogP contribution in [0.5, 0.6) is 5.75 Å². The van der Waals surface area contributed by atoms with Crippen molar-refractivity contribution < 1.29 is 17.9 Å². The molecule has 1 aliphatic carbocycles. The van der Waals surface area contributed by atoms with Gasteiger partial charge in [-0.25, -0.2) is 4.98 Å². The van der Waals surface area contributed by atoms with Gasteiger partial charge in [-0.15, -0.1) is 0 Å². The van der Waals surface area contributed by atoms with E-state index in [1.807, 2.05) is 12.1 Å². The third kappa shape index (κ3) is 6.87. The van der Waals surface area contributed by atoms with Gasteiger partial charge >= 0.3 is 6.18 Å². The molecule has 2 aromatic carbocycles. The molecule has 8 heteroatoms. The summed E-state index contributed by atoms with van der Waals surface area (Å²) in [6, 6.07) is 14.8. The molecule has 186 valence electrons. The van der Waals surface area contributed by atoms with E-state index in [0.29, 0.717) is 23.9 Å². The molecule has 1 heterocycles. The van der Waals surface area contributed by atoms with Gasteiger partial charge in [-0.05, 0) is 67.1 Å². The van der Waals surface area contributed by atoms with E-state index in [1.54, 1.807) is 30.3 Å². The molecule has 1 aromatic heterocycles. The standard InChI is InChI=1S/C27H31F3N4O/c1-2-3-16-35-23-14-12-21(13-15-23)33-26-31-18-24(27(28,29)30)25(34-26)32-22-11-7-10-20(17-22)19-8-5-4-6-9-19/h7,10-15,17-19H,2-6,8-9,16H2,1H3,(H2,31,32,33,34). The van der Waals surface area contributed by atoms with Crippen molar-refractivity contribution in [3.8, 4) is 5.75 Å². The molecule has 0 bridgehead atoms. The molecule has 5 nitrogen and oxygen atoms in total. The second-order valence-electron chi connectivity index (χ2n) is 8.89. The van der Waals surface area contributed by atoms with Crippen molar-refractivity contribution in [2.75, 3.05) is 17.2 Å². The predicted octanol–water partition coefficient (Wildman–Crippen LogP) is 8.21. The van der Waals surface area contributed by atoms with Gasteiger partial charge in [0, 0.05) is 17.6 Å². The number of alkyl halides is 3. The number of ether oxygens (including phenoxy) is 1. The SMILES string of the molecule is CCCCOc1ccc(Nc2ncc(C(F)(F)F)c(Nc3cccc(C4CCCCC4)c3)n2)cc1. The number of unbranched alkanes of at least 4 members (excludes halogenated alkanes) is 1. The van der Waals surface area contributed by atoms with Crippen LogP contribution in [0.25, 0.3) is 0 Å². The Bertz CT molecular complexity index is 1100. The monoisotopic (exact) mass is 484 g/mol. The van der Waals surface area contributed by atoms with E-state index in [4.69, 9.17) is 4.74 Å². The van der Waals surface area contributed by atoms with Crippen molar-refractivity contribution in [3.63, 3.8) is 0 Å². The summed E-state index contributed by atoms with van der Waals surface area (Å²) in [5.74, 6) is 0.973. The number of nitrogens with one attached hydrogen (secondary N) is 2. The first-order chi connectivity index (χ1) is 16.9. The zero-order chi connectivity index (χ0) is 24.7. The smallest absolute Gasteiger partial charge is 0.421 e. The molecule has 0 aliphatic heterocycles. The molecule has 4 rings (SSSR count). The molecule has 2 N–H and O–H groups in total. The van der Waals surface area contributed by atoms with Crippen molar-refractivity contribution in [3.05, 3.63) is 65.9 Å². The fourth-order valence-corrected chi connectivity index (χ4v) is 4.29. The minimum Gasteiger partial charge on any atom is -0.494 e. The molecule has 0 unspecified atom stereocenters. The van der Waals surface area contributed by atoms with Gasteiger partial charge in [0.2, 0.25) is 5.95 Å². The second-order valence-corrected chi connectivity index (χ2v) is 8.89. The largest absolute Gasteiger partial charge is 0.494 e. The first-order valence-corrected chi connectivity index (χ1v) is 12.2. The van der Waals surface area contributed by atoms with Crippen LogP contribution in [0, 0.1) is 0 Å². The summed E-state index contributed by atoms with van der Waals surface area (Å²) in [7, 11) is 0. The van der Waals surface area contributed by atoms with Crippen LogP contribution in [0.4, 0.5) is 36.3 Å². The number of nitrogens with zero attached hydrogens (tertiary/aromatic N) is 2. The highest BCUT2D eigenvalue weighted by Gasteiger charge is 2.35. The number of hydrogen-bond acceptors (Lipinski definition) is 5. The first-order valence-electron chi connectivity index (χ1n) is 12.2. The van der Waals surface area contributed by atoms with E-state index in [-0.39, 0.29) is 11.8 Å². The maximum absolute atomic E-state index is 13.7. The van der Waals surface area contributed by atoms with Crippen molar-refractivity contribution >= 4 is 23.1 Å². The van der Waals surface area contributed by atoms with Gasteiger partial charge in [-0.2, -0.15) is 18.2 Å². The van der Waals surface area contributed by atoms with Crippen LogP contribution in [-0.2, 0) is 6.18 Å². The highest BCUT2D eigenvalue weighted by molar-refractivity contribution is 5.63. The van der Waals surface area contributed by atoms with Crippen LogP contribution in [0.1, 0.15) is 68.9 Å². The van der Waals surface area contributed by atoms with E-state index >= 15 is 0 Å². The topological polar surface area (TPSA) is 59.1 Å². The number of halogens is 3. The highest BCUT2D eigenvalue weighted by Crippen LogP contribution is 2.37. The lowest BCUT2D eigenvalue weighted by molar-refractivity contribution is -0.137. The summed E-state index contributed by atoms with van der Waals surface area (Å²) < 4.78 is 46.7. The molecule has 35 heavy (non-hydrogen) atoms. The molecule has 3 aromatic rings. The van der Waals surface area contributed by atoms with Crippen molar-refractivity contribution in [1.82, 2.24) is 9.97 Å². The third-order valence-electron chi connectivity index (χ3n) is 6.20. The lowest BCUT2D eigenvalue weighted by Crippen LogP contribution is -2.13. The van der Waals surface area contributed by atoms with Gasteiger partial charge in [0.05, 0.1) is 6.61 Å². The minimum atomic E-state index is -4.58. The van der Waals surface area contributed by atoms with Gasteiger partial charge in [-0.3, -0.25) is 0 Å². The second kappa shape index (κ2) is 11.4. The first kappa shape index (κ1) is 24.8. The summed E-state index contributed by atoms with van der Waals surface area (Å²) in [6.07, 6.45) is 4.09. The van der Waals surface area contributed by atoms with Crippen LogP contribution in [0.15, 0.2) is 54.7 Å². The summed E-state index contributed by atoms with van der Waals surface area (Å²) >= 11 is 0. The van der Waals surface area contributed by atoms with Crippen LogP contribution in [0.2, 0.25) is 0 Å². The number of anilines is 4. The van der Waals surface area contributed by atoms with Gasteiger partial charge in [0.15, 0.2) is 0 Å². The summed E-state index contributed by atoms with van der Waals surface area (Å²) in [5, 5.41) is 5.87. The predicted molar refractivity (Wildman–Crippen MR) is 133 cm³/mol. The van der Waals surface area contributed by atoms with Gasteiger partial charge < -0.3 is 15.4 Å². The molecule has 0 radical (unpaired) electrons.